The lowest BCUT2D eigenvalue weighted by molar-refractivity contribution is -0.114. The number of carbonyl (C=O) groups is 2. The van der Waals surface area contributed by atoms with Crippen LogP contribution in [0.15, 0.2) is 71.6 Å². The Balaban J connectivity index is 1.92. The van der Waals surface area contributed by atoms with Crippen molar-refractivity contribution < 1.29 is 27.5 Å². The molecule has 0 aliphatic rings. The van der Waals surface area contributed by atoms with E-state index >= 15 is 0 Å². The molecule has 1 amide bonds. The molecule has 0 bridgehead atoms. The first-order valence-electron chi connectivity index (χ1n) is 11.6. The highest BCUT2D eigenvalue weighted by molar-refractivity contribution is 7.92. The van der Waals surface area contributed by atoms with Crippen molar-refractivity contribution in [3.05, 3.63) is 83.4 Å². The van der Waals surface area contributed by atoms with Gasteiger partial charge in [-0.1, -0.05) is 23.8 Å². The van der Waals surface area contributed by atoms with Gasteiger partial charge in [-0.05, 0) is 81.8 Å². The van der Waals surface area contributed by atoms with Crippen LogP contribution in [0, 0.1) is 13.8 Å². The first-order chi connectivity index (χ1) is 17.2. The smallest absolute Gasteiger partial charge is 0.338 e. The molecule has 0 saturated heterocycles. The molecule has 3 aromatic carbocycles. The summed E-state index contributed by atoms with van der Waals surface area (Å²) >= 11 is 0. The fraction of sp³-hybridized carbons (Fsp3) is 0.259. The number of rotatable bonds is 10. The van der Waals surface area contributed by atoms with E-state index < -0.39 is 28.4 Å². The van der Waals surface area contributed by atoms with Crippen molar-refractivity contribution in [1.82, 2.24) is 0 Å². The van der Waals surface area contributed by atoms with Gasteiger partial charge < -0.3 is 14.8 Å². The maximum Gasteiger partial charge on any atom is 0.338 e. The minimum atomic E-state index is -4.08. The Kier molecular flexibility index (Phi) is 8.71. The molecule has 0 atom stereocenters. The molecule has 3 aromatic rings. The summed E-state index contributed by atoms with van der Waals surface area (Å²) in [7, 11) is -4.08. The molecule has 1 N–H and O–H groups in total. The molecule has 9 heteroatoms. The maximum atomic E-state index is 13.6. The van der Waals surface area contributed by atoms with Gasteiger partial charge in [0.1, 0.15) is 12.3 Å². The van der Waals surface area contributed by atoms with Gasteiger partial charge in [-0.15, -0.1) is 0 Å². The van der Waals surface area contributed by atoms with Gasteiger partial charge in [0.15, 0.2) is 0 Å². The third-order valence-electron chi connectivity index (χ3n) is 5.44. The van der Waals surface area contributed by atoms with Gasteiger partial charge in [0.25, 0.3) is 10.0 Å². The number of aryl methyl sites for hydroxylation is 1. The number of amides is 1. The fourth-order valence-corrected chi connectivity index (χ4v) is 4.97. The summed E-state index contributed by atoms with van der Waals surface area (Å²) in [5.74, 6) is -0.507. The van der Waals surface area contributed by atoms with Gasteiger partial charge in [0, 0.05) is 5.69 Å². The highest BCUT2D eigenvalue weighted by Gasteiger charge is 2.28. The largest absolute Gasteiger partial charge is 0.494 e. The number of ether oxygens (including phenoxy) is 2. The van der Waals surface area contributed by atoms with Crippen LogP contribution in [0.3, 0.4) is 0 Å². The van der Waals surface area contributed by atoms with Crippen LogP contribution in [0.25, 0.3) is 0 Å². The molecule has 36 heavy (non-hydrogen) atoms. The zero-order valence-corrected chi connectivity index (χ0v) is 21.6. The van der Waals surface area contributed by atoms with Crippen LogP contribution in [0.4, 0.5) is 11.4 Å². The number of esters is 1. The monoisotopic (exact) mass is 510 g/mol. The van der Waals surface area contributed by atoms with Crippen molar-refractivity contribution in [2.75, 3.05) is 29.4 Å². The second-order valence-corrected chi connectivity index (χ2v) is 9.86. The second kappa shape index (κ2) is 11.7. The number of anilines is 2. The predicted octanol–water partition coefficient (Wildman–Crippen LogP) is 4.71. The molecular formula is C27H30N2O6S. The van der Waals surface area contributed by atoms with Gasteiger partial charge >= 0.3 is 5.97 Å². The number of sulfonamides is 1. The Bertz CT molecular complexity index is 1320. The molecule has 0 radical (unpaired) electrons. The van der Waals surface area contributed by atoms with E-state index in [4.69, 9.17) is 9.47 Å². The van der Waals surface area contributed by atoms with Crippen LogP contribution >= 0.6 is 0 Å². The van der Waals surface area contributed by atoms with Crippen molar-refractivity contribution in [1.29, 1.82) is 0 Å². The van der Waals surface area contributed by atoms with E-state index in [-0.39, 0.29) is 11.5 Å². The molecule has 0 fully saturated rings. The number of hydrogen-bond donors (Lipinski definition) is 1. The lowest BCUT2D eigenvalue weighted by atomic mass is 10.1. The lowest BCUT2D eigenvalue weighted by Gasteiger charge is -2.24. The summed E-state index contributed by atoms with van der Waals surface area (Å²) in [6.45, 7) is 7.34. The molecule has 0 unspecified atom stereocenters. The highest BCUT2D eigenvalue weighted by atomic mass is 32.2. The molecule has 0 aliphatic carbocycles. The van der Waals surface area contributed by atoms with Gasteiger partial charge in [-0.2, -0.15) is 0 Å². The first kappa shape index (κ1) is 26.7. The van der Waals surface area contributed by atoms with Crippen LogP contribution in [0.5, 0.6) is 5.75 Å². The van der Waals surface area contributed by atoms with E-state index in [1.54, 1.807) is 68.4 Å². The zero-order valence-electron chi connectivity index (χ0n) is 20.8. The average Bonchev–Trinajstić information content (AvgIpc) is 2.85. The molecule has 190 valence electrons. The Hall–Kier alpha value is -3.85. The van der Waals surface area contributed by atoms with Crippen LogP contribution < -0.4 is 14.4 Å². The van der Waals surface area contributed by atoms with Crippen molar-refractivity contribution >= 4 is 33.3 Å². The molecule has 0 spiro atoms. The highest BCUT2D eigenvalue weighted by Crippen LogP contribution is 2.26. The Labute approximate surface area is 211 Å². The van der Waals surface area contributed by atoms with Crippen molar-refractivity contribution in [2.24, 2.45) is 0 Å². The summed E-state index contributed by atoms with van der Waals surface area (Å²) in [5.41, 5.74) is 2.55. The second-order valence-electron chi connectivity index (χ2n) is 8.00. The normalized spacial score (nSPS) is 11.0. The maximum absolute atomic E-state index is 13.6. The summed E-state index contributed by atoms with van der Waals surface area (Å²) < 4.78 is 38.7. The number of nitrogens with one attached hydrogen (secondary N) is 1. The quantitative estimate of drug-likeness (QED) is 0.396. The summed E-state index contributed by atoms with van der Waals surface area (Å²) in [5, 5.41) is 2.74. The number of nitrogens with zero attached hydrogens (tertiary/aromatic N) is 1. The van der Waals surface area contributed by atoms with E-state index in [0.29, 0.717) is 34.9 Å². The Morgan fingerprint density at radius 2 is 1.56 bits per heavy atom. The molecule has 0 saturated carbocycles. The number of carbonyl (C=O) groups excluding carboxylic acids is 2. The van der Waals surface area contributed by atoms with Gasteiger partial charge in [0.05, 0.1) is 29.4 Å². The summed E-state index contributed by atoms with van der Waals surface area (Å²) in [6, 6.07) is 17.8. The Morgan fingerprint density at radius 1 is 0.889 bits per heavy atom. The van der Waals surface area contributed by atoms with E-state index in [9.17, 15) is 18.0 Å². The topological polar surface area (TPSA) is 102 Å². The van der Waals surface area contributed by atoms with E-state index in [0.717, 1.165) is 9.87 Å². The van der Waals surface area contributed by atoms with Crippen LogP contribution in [-0.2, 0) is 19.6 Å². The number of hydrogen-bond acceptors (Lipinski definition) is 6. The zero-order chi connectivity index (χ0) is 26.3. The van der Waals surface area contributed by atoms with Crippen molar-refractivity contribution in [3.8, 4) is 5.75 Å². The third kappa shape index (κ3) is 6.23. The molecular weight excluding hydrogens is 480 g/mol. The van der Waals surface area contributed by atoms with E-state index in [2.05, 4.69) is 5.32 Å². The SMILES string of the molecule is CCOC(=O)c1cccc(NC(=O)CN(c2ccc(C)cc2)S(=O)(=O)c2ccc(OCC)cc2)c1C. The average molecular weight is 511 g/mol. The standard InChI is InChI=1S/C27H30N2O6S/c1-5-34-22-14-16-23(17-15-22)36(32,33)29(21-12-10-19(3)11-13-21)18-26(30)28-25-9-7-8-24(20(25)4)27(31)35-6-2/h7-17H,5-6,18H2,1-4H3,(H,28,30). The molecule has 3 rings (SSSR count). The minimum Gasteiger partial charge on any atom is -0.494 e. The third-order valence-corrected chi connectivity index (χ3v) is 7.22. The number of benzene rings is 3. The molecule has 0 heterocycles. The fourth-order valence-electron chi connectivity index (χ4n) is 3.55. The summed E-state index contributed by atoms with van der Waals surface area (Å²) in [4.78, 5) is 25.3. The van der Waals surface area contributed by atoms with E-state index in [1.165, 1.54) is 12.1 Å². The first-order valence-corrected chi connectivity index (χ1v) is 13.0. The minimum absolute atomic E-state index is 0.0276. The molecule has 0 aliphatic heterocycles. The summed E-state index contributed by atoms with van der Waals surface area (Å²) in [6.07, 6.45) is 0. The van der Waals surface area contributed by atoms with Gasteiger partial charge in [-0.3, -0.25) is 9.10 Å². The molecule has 0 aromatic heterocycles. The molecule has 8 nitrogen and oxygen atoms in total. The van der Waals surface area contributed by atoms with Gasteiger partial charge in [0.2, 0.25) is 5.91 Å². The van der Waals surface area contributed by atoms with Crippen LogP contribution in [0.1, 0.15) is 35.3 Å². The van der Waals surface area contributed by atoms with Crippen molar-refractivity contribution in [2.45, 2.75) is 32.6 Å². The Morgan fingerprint density at radius 3 is 2.17 bits per heavy atom. The van der Waals surface area contributed by atoms with Gasteiger partial charge in [-0.25, -0.2) is 13.2 Å². The predicted molar refractivity (Wildman–Crippen MR) is 139 cm³/mol. The van der Waals surface area contributed by atoms with Crippen LogP contribution in [0.2, 0.25) is 0 Å². The lowest BCUT2D eigenvalue weighted by Crippen LogP contribution is -2.38. The van der Waals surface area contributed by atoms with E-state index in [1.807, 2.05) is 13.8 Å². The van der Waals surface area contributed by atoms with Crippen LogP contribution in [-0.4, -0.2) is 40.1 Å². The van der Waals surface area contributed by atoms with Crippen molar-refractivity contribution in [3.63, 3.8) is 0 Å².